The average molecular weight is 324 g/mol. The van der Waals surface area contributed by atoms with Crippen molar-refractivity contribution in [2.75, 3.05) is 11.9 Å². The van der Waals surface area contributed by atoms with Gasteiger partial charge in [-0.05, 0) is 19.4 Å². The third-order valence-electron chi connectivity index (χ3n) is 3.23. The number of aryl methyl sites for hydroxylation is 2. The number of amides is 2. The maximum atomic E-state index is 11.9. The van der Waals surface area contributed by atoms with Gasteiger partial charge in [0.15, 0.2) is 5.76 Å². The Balaban J connectivity index is 1.93. The maximum absolute atomic E-state index is 11.9. The topological polar surface area (TPSA) is 87.4 Å². The number of halogens is 1. The first kappa shape index (κ1) is 16.3. The van der Waals surface area contributed by atoms with Crippen LogP contribution in [0, 0.1) is 6.92 Å². The molecule has 0 aliphatic rings. The Kier molecular flexibility index (Phi) is 5.41. The van der Waals surface area contributed by atoms with E-state index in [9.17, 15) is 9.90 Å². The number of nitrogens with zero attached hydrogens (tertiary/aromatic N) is 1. The van der Waals surface area contributed by atoms with Gasteiger partial charge in [0.05, 0.1) is 6.10 Å². The van der Waals surface area contributed by atoms with Crippen LogP contribution in [-0.2, 0) is 6.42 Å². The highest BCUT2D eigenvalue weighted by molar-refractivity contribution is 6.31. The Morgan fingerprint density at radius 2 is 2.18 bits per heavy atom. The van der Waals surface area contributed by atoms with E-state index >= 15 is 0 Å². The zero-order valence-corrected chi connectivity index (χ0v) is 13.1. The number of anilines is 1. The predicted octanol–water partition coefficient (Wildman–Crippen LogP) is 3.05. The van der Waals surface area contributed by atoms with Crippen molar-refractivity contribution >= 4 is 23.3 Å². The summed E-state index contributed by atoms with van der Waals surface area (Å²) < 4.78 is 5.04. The van der Waals surface area contributed by atoms with Crippen molar-refractivity contribution in [2.45, 2.75) is 26.4 Å². The fourth-order valence-electron chi connectivity index (χ4n) is 2.02. The molecule has 7 heteroatoms. The molecule has 1 heterocycles. The van der Waals surface area contributed by atoms with E-state index in [0.717, 1.165) is 0 Å². The van der Waals surface area contributed by atoms with Gasteiger partial charge in [-0.3, -0.25) is 0 Å². The number of benzene rings is 1. The molecule has 0 spiro atoms. The lowest BCUT2D eigenvalue weighted by molar-refractivity contribution is 0.175. The van der Waals surface area contributed by atoms with Gasteiger partial charge < -0.3 is 20.3 Å². The Labute approximate surface area is 133 Å². The zero-order chi connectivity index (χ0) is 16.1. The molecular formula is C15H18ClN3O3. The van der Waals surface area contributed by atoms with Crippen LogP contribution in [0.3, 0.4) is 0 Å². The number of hydrogen-bond donors (Lipinski definition) is 3. The molecule has 1 atom stereocenters. The van der Waals surface area contributed by atoms with Crippen molar-refractivity contribution in [2.24, 2.45) is 0 Å². The van der Waals surface area contributed by atoms with E-state index in [4.69, 9.17) is 16.1 Å². The number of aliphatic hydroxyl groups excluding tert-OH is 1. The monoisotopic (exact) mass is 323 g/mol. The van der Waals surface area contributed by atoms with Gasteiger partial charge in [0.1, 0.15) is 11.4 Å². The van der Waals surface area contributed by atoms with Crippen LogP contribution < -0.4 is 10.6 Å². The molecule has 2 rings (SSSR count). The van der Waals surface area contributed by atoms with Crippen molar-refractivity contribution in [3.8, 4) is 0 Å². The van der Waals surface area contributed by atoms with E-state index in [1.54, 1.807) is 31.2 Å². The number of aliphatic hydroxyl groups is 1. The minimum Gasteiger partial charge on any atom is -0.387 e. The molecule has 1 aromatic carbocycles. The van der Waals surface area contributed by atoms with E-state index in [1.807, 2.05) is 6.92 Å². The fourth-order valence-corrected chi connectivity index (χ4v) is 2.28. The molecule has 3 N–H and O–H groups in total. The fraction of sp³-hybridized carbons (Fsp3) is 0.333. The Morgan fingerprint density at radius 3 is 2.86 bits per heavy atom. The quantitative estimate of drug-likeness (QED) is 0.789. The molecule has 2 aromatic rings. The van der Waals surface area contributed by atoms with E-state index in [0.29, 0.717) is 34.1 Å². The lowest BCUT2D eigenvalue weighted by atomic mass is 10.1. The third-order valence-corrected chi connectivity index (χ3v) is 3.57. The number of urea groups is 1. The van der Waals surface area contributed by atoms with Gasteiger partial charge in [0, 0.05) is 17.1 Å². The van der Waals surface area contributed by atoms with Crippen LogP contribution in [0.4, 0.5) is 10.5 Å². The number of hydrogen-bond acceptors (Lipinski definition) is 4. The van der Waals surface area contributed by atoms with Crippen LogP contribution in [0.1, 0.15) is 30.0 Å². The van der Waals surface area contributed by atoms with Gasteiger partial charge in [-0.1, -0.05) is 41.9 Å². The number of carbonyl (C=O) groups is 1. The Morgan fingerprint density at radius 1 is 1.45 bits per heavy atom. The van der Waals surface area contributed by atoms with Crippen LogP contribution >= 0.6 is 11.6 Å². The van der Waals surface area contributed by atoms with Gasteiger partial charge >= 0.3 is 6.03 Å². The summed E-state index contributed by atoms with van der Waals surface area (Å²) in [6.07, 6.45) is -0.233. The lowest BCUT2D eigenvalue weighted by Crippen LogP contribution is -2.32. The standard InChI is InChI=1S/C15H18ClN3O3/c1-3-12-14(9(2)22-19-12)18-15(21)17-8-13(20)10-6-4-5-7-11(10)16/h4-7,13,20H,3,8H2,1-2H3,(H2,17,18,21). The van der Waals surface area contributed by atoms with Crippen molar-refractivity contribution in [3.05, 3.63) is 46.3 Å². The molecule has 1 aromatic heterocycles. The lowest BCUT2D eigenvalue weighted by Gasteiger charge is -2.14. The second-order valence-electron chi connectivity index (χ2n) is 4.79. The van der Waals surface area contributed by atoms with Crippen LogP contribution in [0.2, 0.25) is 5.02 Å². The van der Waals surface area contributed by atoms with Gasteiger partial charge in [0.2, 0.25) is 0 Å². The van der Waals surface area contributed by atoms with Gasteiger partial charge in [0.25, 0.3) is 0 Å². The summed E-state index contributed by atoms with van der Waals surface area (Å²) in [6.45, 7) is 3.68. The molecule has 6 nitrogen and oxygen atoms in total. The molecule has 0 bridgehead atoms. The summed E-state index contributed by atoms with van der Waals surface area (Å²) in [5, 5.41) is 19.7. The molecule has 0 saturated carbocycles. The first-order valence-corrected chi connectivity index (χ1v) is 7.33. The van der Waals surface area contributed by atoms with Crippen molar-refractivity contribution in [1.29, 1.82) is 0 Å². The number of nitrogens with one attached hydrogen (secondary N) is 2. The summed E-state index contributed by atoms with van der Waals surface area (Å²) in [5.74, 6) is 0.540. The van der Waals surface area contributed by atoms with Crippen LogP contribution in [-0.4, -0.2) is 22.8 Å². The van der Waals surface area contributed by atoms with Gasteiger partial charge in [-0.15, -0.1) is 0 Å². The van der Waals surface area contributed by atoms with Crippen molar-refractivity contribution in [3.63, 3.8) is 0 Å². The summed E-state index contributed by atoms with van der Waals surface area (Å²) in [6, 6.07) is 6.52. The minimum absolute atomic E-state index is 0.0430. The maximum Gasteiger partial charge on any atom is 0.319 e. The molecule has 2 amide bonds. The van der Waals surface area contributed by atoms with Crippen LogP contribution in [0.5, 0.6) is 0 Å². The molecule has 0 aliphatic heterocycles. The van der Waals surface area contributed by atoms with E-state index < -0.39 is 12.1 Å². The predicted molar refractivity (Wildman–Crippen MR) is 84.1 cm³/mol. The summed E-state index contributed by atoms with van der Waals surface area (Å²) in [4.78, 5) is 11.9. The summed E-state index contributed by atoms with van der Waals surface area (Å²) in [5.41, 5.74) is 1.81. The summed E-state index contributed by atoms with van der Waals surface area (Å²) in [7, 11) is 0. The van der Waals surface area contributed by atoms with Gasteiger partial charge in [-0.2, -0.15) is 0 Å². The van der Waals surface area contributed by atoms with Crippen LogP contribution in [0.25, 0.3) is 0 Å². The average Bonchev–Trinajstić information content (AvgIpc) is 2.86. The second kappa shape index (κ2) is 7.29. The number of aromatic nitrogens is 1. The van der Waals surface area contributed by atoms with Crippen molar-refractivity contribution < 1.29 is 14.4 Å². The van der Waals surface area contributed by atoms with Crippen LogP contribution in [0.15, 0.2) is 28.8 Å². The normalized spacial score (nSPS) is 12.0. The SMILES string of the molecule is CCc1noc(C)c1NC(=O)NCC(O)c1ccccc1Cl. The second-order valence-corrected chi connectivity index (χ2v) is 5.19. The smallest absolute Gasteiger partial charge is 0.319 e. The Hall–Kier alpha value is -2.05. The summed E-state index contributed by atoms with van der Waals surface area (Å²) >= 11 is 6.00. The molecule has 1 unspecified atom stereocenters. The molecule has 0 fully saturated rings. The molecule has 0 aliphatic carbocycles. The highest BCUT2D eigenvalue weighted by atomic mass is 35.5. The number of rotatable bonds is 5. The van der Waals surface area contributed by atoms with E-state index in [-0.39, 0.29) is 6.54 Å². The Bertz CT molecular complexity index is 657. The zero-order valence-electron chi connectivity index (χ0n) is 12.4. The third kappa shape index (κ3) is 3.78. The van der Waals surface area contributed by atoms with Gasteiger partial charge in [-0.25, -0.2) is 4.79 Å². The number of carbonyl (C=O) groups excluding carboxylic acids is 1. The minimum atomic E-state index is -0.881. The van der Waals surface area contributed by atoms with Crippen molar-refractivity contribution in [1.82, 2.24) is 10.5 Å². The van der Waals surface area contributed by atoms with E-state index in [2.05, 4.69) is 15.8 Å². The molecule has 0 saturated heterocycles. The highest BCUT2D eigenvalue weighted by Crippen LogP contribution is 2.22. The largest absolute Gasteiger partial charge is 0.387 e. The highest BCUT2D eigenvalue weighted by Gasteiger charge is 2.16. The molecule has 118 valence electrons. The first-order chi connectivity index (χ1) is 10.5. The molecule has 22 heavy (non-hydrogen) atoms. The van der Waals surface area contributed by atoms with E-state index in [1.165, 1.54) is 0 Å². The first-order valence-electron chi connectivity index (χ1n) is 6.95. The molecular weight excluding hydrogens is 306 g/mol. The molecule has 0 radical (unpaired) electrons.